The van der Waals surface area contributed by atoms with Crippen molar-refractivity contribution in [1.82, 2.24) is 24.7 Å². The molecule has 3 aromatic heterocycles. The van der Waals surface area contributed by atoms with Gasteiger partial charge in [0.15, 0.2) is 0 Å². The number of carbonyl (C=O) groups is 1. The van der Waals surface area contributed by atoms with Crippen LogP contribution in [0.25, 0.3) is 16.8 Å². The molecule has 1 saturated heterocycles. The summed E-state index contributed by atoms with van der Waals surface area (Å²) >= 11 is 0. The predicted octanol–water partition coefficient (Wildman–Crippen LogP) is 4.40. The van der Waals surface area contributed by atoms with Crippen LogP contribution in [0.15, 0.2) is 42.7 Å². The standard InChI is InChI=1S/C26H25F4N7O2/c1-39-13-17-12-34-23(31)22-21(36-24(37(17)22)15-3-2-7-32-11-15)18-5-4-14(9-19(18)27)25(38)35-20-10-16(6-8-33-20)26(28,29)30/h4-6,8-10,12,15,32H,2-3,7,11,13H2,1H3,(H2,31,34)(H,33,35,38). The van der Waals surface area contributed by atoms with Gasteiger partial charge in [0.05, 0.1) is 24.1 Å². The van der Waals surface area contributed by atoms with Crippen molar-refractivity contribution in [3.8, 4) is 11.3 Å². The number of aromatic nitrogens is 4. The molecule has 204 valence electrons. The Morgan fingerprint density at radius 1 is 1.26 bits per heavy atom. The number of hydrogen-bond acceptors (Lipinski definition) is 7. The number of halogens is 4. The Morgan fingerprint density at radius 2 is 2.08 bits per heavy atom. The summed E-state index contributed by atoms with van der Waals surface area (Å²) in [4.78, 5) is 25.5. The number of piperidine rings is 1. The Balaban J connectivity index is 1.52. The van der Waals surface area contributed by atoms with Crippen LogP contribution in [0.1, 0.15) is 46.2 Å². The zero-order chi connectivity index (χ0) is 27.7. The number of carbonyl (C=O) groups excluding carboxylic acids is 1. The summed E-state index contributed by atoms with van der Waals surface area (Å²) in [5, 5.41) is 5.64. The number of ether oxygens (including phenoxy) is 1. The first-order valence-electron chi connectivity index (χ1n) is 12.2. The SMILES string of the molecule is COCc1cnc(N)c2c(-c3ccc(C(=O)Nc4cc(C(F)(F)F)ccn4)cc3F)nc(C3CCCNC3)n12. The molecule has 0 saturated carbocycles. The second kappa shape index (κ2) is 10.6. The molecule has 13 heteroatoms. The number of nitrogens with zero attached hydrogens (tertiary/aromatic N) is 4. The van der Waals surface area contributed by atoms with Crippen molar-refractivity contribution >= 4 is 23.1 Å². The van der Waals surface area contributed by atoms with Crippen molar-refractivity contribution in [3.63, 3.8) is 0 Å². The molecule has 4 aromatic rings. The van der Waals surface area contributed by atoms with Crippen LogP contribution in [-0.2, 0) is 17.5 Å². The van der Waals surface area contributed by atoms with Crippen molar-refractivity contribution in [2.24, 2.45) is 0 Å². The first-order chi connectivity index (χ1) is 18.7. The zero-order valence-electron chi connectivity index (χ0n) is 20.8. The lowest BCUT2D eigenvalue weighted by molar-refractivity contribution is -0.137. The van der Waals surface area contributed by atoms with E-state index in [1.54, 1.807) is 13.3 Å². The van der Waals surface area contributed by atoms with E-state index in [1.807, 2.05) is 4.40 Å². The normalized spacial score (nSPS) is 16.0. The van der Waals surface area contributed by atoms with E-state index in [1.165, 1.54) is 12.1 Å². The minimum Gasteiger partial charge on any atom is -0.382 e. The van der Waals surface area contributed by atoms with E-state index in [0.29, 0.717) is 29.6 Å². The summed E-state index contributed by atoms with van der Waals surface area (Å²) in [7, 11) is 1.56. The fourth-order valence-electron chi connectivity index (χ4n) is 4.72. The lowest BCUT2D eigenvalue weighted by atomic mass is 9.99. The number of nitrogens with one attached hydrogen (secondary N) is 2. The third kappa shape index (κ3) is 5.27. The highest BCUT2D eigenvalue weighted by Gasteiger charge is 2.31. The Kier molecular flexibility index (Phi) is 7.19. The van der Waals surface area contributed by atoms with Gasteiger partial charge in [-0.1, -0.05) is 0 Å². The molecular weight excluding hydrogens is 518 g/mol. The number of amides is 1. The van der Waals surface area contributed by atoms with E-state index in [9.17, 15) is 18.0 Å². The van der Waals surface area contributed by atoms with Gasteiger partial charge in [-0.2, -0.15) is 13.2 Å². The topological polar surface area (TPSA) is 119 Å². The predicted molar refractivity (Wildman–Crippen MR) is 136 cm³/mol. The molecule has 0 bridgehead atoms. The molecule has 1 unspecified atom stereocenters. The van der Waals surface area contributed by atoms with Gasteiger partial charge in [0.1, 0.15) is 34.5 Å². The van der Waals surface area contributed by atoms with Crippen LogP contribution in [-0.4, -0.2) is 45.5 Å². The molecule has 1 fully saturated rings. The molecule has 1 aliphatic heterocycles. The monoisotopic (exact) mass is 543 g/mol. The molecule has 1 amide bonds. The molecule has 0 aliphatic carbocycles. The van der Waals surface area contributed by atoms with Crippen LogP contribution in [0.3, 0.4) is 0 Å². The first-order valence-corrected chi connectivity index (χ1v) is 12.2. The van der Waals surface area contributed by atoms with Gasteiger partial charge in [0.2, 0.25) is 0 Å². The highest BCUT2D eigenvalue weighted by molar-refractivity contribution is 6.04. The van der Waals surface area contributed by atoms with Gasteiger partial charge in [-0.15, -0.1) is 0 Å². The molecule has 1 atom stereocenters. The fraction of sp³-hybridized carbons (Fsp3) is 0.308. The van der Waals surface area contributed by atoms with Crippen LogP contribution < -0.4 is 16.4 Å². The van der Waals surface area contributed by atoms with Crippen LogP contribution in [0, 0.1) is 5.82 Å². The summed E-state index contributed by atoms with van der Waals surface area (Å²) in [6.45, 7) is 1.83. The number of anilines is 2. The first kappa shape index (κ1) is 26.5. The zero-order valence-corrected chi connectivity index (χ0v) is 20.8. The quantitative estimate of drug-likeness (QED) is 0.309. The fourth-order valence-corrected chi connectivity index (χ4v) is 4.72. The number of imidazole rings is 1. The Bertz CT molecular complexity index is 1530. The molecule has 5 rings (SSSR count). The van der Waals surface area contributed by atoms with Gasteiger partial charge >= 0.3 is 6.18 Å². The third-order valence-electron chi connectivity index (χ3n) is 6.56. The minimum atomic E-state index is -4.60. The van der Waals surface area contributed by atoms with Crippen LogP contribution in [0.4, 0.5) is 29.2 Å². The molecule has 0 spiro atoms. The number of fused-ring (bicyclic) bond motifs is 1. The van der Waals surface area contributed by atoms with Gasteiger partial charge in [-0.05, 0) is 49.7 Å². The number of hydrogen-bond donors (Lipinski definition) is 3. The lowest BCUT2D eigenvalue weighted by Crippen LogP contribution is -2.29. The van der Waals surface area contributed by atoms with Gasteiger partial charge in [-0.25, -0.2) is 19.3 Å². The van der Waals surface area contributed by atoms with E-state index in [-0.39, 0.29) is 41.0 Å². The van der Waals surface area contributed by atoms with Crippen molar-refractivity contribution in [3.05, 3.63) is 71.2 Å². The third-order valence-corrected chi connectivity index (χ3v) is 6.56. The second-order valence-electron chi connectivity index (χ2n) is 9.19. The van der Waals surface area contributed by atoms with Crippen molar-refractivity contribution < 1.29 is 27.1 Å². The van der Waals surface area contributed by atoms with E-state index >= 15 is 4.39 Å². The molecule has 9 nitrogen and oxygen atoms in total. The molecule has 4 heterocycles. The van der Waals surface area contributed by atoms with Crippen LogP contribution >= 0.6 is 0 Å². The minimum absolute atomic E-state index is 0.0467. The van der Waals surface area contributed by atoms with Gasteiger partial charge in [-0.3, -0.25) is 9.20 Å². The number of benzene rings is 1. The van der Waals surface area contributed by atoms with Gasteiger partial charge in [0.25, 0.3) is 5.91 Å². The summed E-state index contributed by atoms with van der Waals surface area (Å²) < 4.78 is 61.7. The van der Waals surface area contributed by atoms with Crippen molar-refractivity contribution in [2.75, 3.05) is 31.2 Å². The van der Waals surface area contributed by atoms with Crippen LogP contribution in [0.2, 0.25) is 0 Å². The number of pyridine rings is 1. The Hall–Kier alpha value is -4.10. The van der Waals surface area contributed by atoms with Gasteiger partial charge in [0, 0.05) is 36.9 Å². The average Bonchev–Trinajstić information content (AvgIpc) is 3.32. The van der Waals surface area contributed by atoms with Gasteiger partial charge < -0.3 is 21.1 Å². The molecule has 39 heavy (non-hydrogen) atoms. The molecule has 1 aliphatic rings. The number of methoxy groups -OCH3 is 1. The molecule has 0 radical (unpaired) electrons. The van der Waals surface area contributed by atoms with E-state index < -0.39 is 23.5 Å². The highest BCUT2D eigenvalue weighted by Crippen LogP contribution is 2.35. The maximum absolute atomic E-state index is 15.5. The van der Waals surface area contributed by atoms with Crippen LogP contribution in [0.5, 0.6) is 0 Å². The number of nitrogen functional groups attached to an aromatic ring is 1. The average molecular weight is 544 g/mol. The van der Waals surface area contributed by atoms with Crippen molar-refractivity contribution in [2.45, 2.75) is 31.5 Å². The Morgan fingerprint density at radius 3 is 2.77 bits per heavy atom. The molecule has 4 N–H and O–H groups in total. The lowest BCUT2D eigenvalue weighted by Gasteiger charge is -2.22. The van der Waals surface area contributed by atoms with E-state index in [0.717, 1.165) is 37.7 Å². The highest BCUT2D eigenvalue weighted by atomic mass is 19.4. The largest absolute Gasteiger partial charge is 0.416 e. The summed E-state index contributed by atoms with van der Waals surface area (Å²) in [5.41, 5.74) is 6.67. The van der Waals surface area contributed by atoms with Crippen molar-refractivity contribution in [1.29, 1.82) is 0 Å². The smallest absolute Gasteiger partial charge is 0.382 e. The maximum atomic E-state index is 15.5. The number of rotatable bonds is 6. The maximum Gasteiger partial charge on any atom is 0.416 e. The summed E-state index contributed by atoms with van der Waals surface area (Å²) in [5.74, 6) is -0.987. The molecular formula is C26H25F4N7O2. The number of alkyl halides is 3. The van der Waals surface area contributed by atoms with E-state index in [4.69, 9.17) is 15.5 Å². The Labute approximate surface area is 220 Å². The summed E-state index contributed by atoms with van der Waals surface area (Å²) in [6, 6.07) is 5.23. The second-order valence-corrected chi connectivity index (χ2v) is 9.19. The van der Waals surface area contributed by atoms with E-state index in [2.05, 4.69) is 20.6 Å². The molecule has 1 aromatic carbocycles. The number of nitrogens with two attached hydrogens (primary N) is 1. The summed E-state index contributed by atoms with van der Waals surface area (Å²) in [6.07, 6.45) is -0.237.